The highest BCUT2D eigenvalue weighted by Crippen LogP contribution is 2.05. The molecule has 0 saturated heterocycles. The van der Waals surface area contributed by atoms with Crippen LogP contribution in [0.1, 0.15) is 32.3 Å². The van der Waals surface area contributed by atoms with E-state index in [-0.39, 0.29) is 6.61 Å². The van der Waals surface area contributed by atoms with Crippen LogP contribution in [0.4, 0.5) is 4.79 Å². The average molecular weight is 293 g/mol. The fraction of sp³-hybridized carbons (Fsp3) is 0.500. The van der Waals surface area contributed by atoms with E-state index in [9.17, 15) is 9.59 Å². The highest BCUT2D eigenvalue weighted by atomic mass is 16.6. The molecule has 0 fully saturated rings. The van der Waals surface area contributed by atoms with Crippen LogP contribution >= 0.6 is 0 Å². The van der Waals surface area contributed by atoms with Crippen LogP contribution in [0, 0.1) is 0 Å². The van der Waals surface area contributed by atoms with Gasteiger partial charge in [0.25, 0.3) is 0 Å². The molecule has 0 spiro atoms. The van der Waals surface area contributed by atoms with E-state index >= 15 is 0 Å². The minimum atomic E-state index is -0.733. The van der Waals surface area contributed by atoms with E-state index in [2.05, 4.69) is 5.32 Å². The van der Waals surface area contributed by atoms with Crippen molar-refractivity contribution < 1.29 is 19.1 Å². The zero-order valence-corrected chi connectivity index (χ0v) is 12.6. The third kappa shape index (κ3) is 6.79. The second-order valence-corrected chi connectivity index (χ2v) is 4.63. The van der Waals surface area contributed by atoms with Crippen molar-refractivity contribution in [3.63, 3.8) is 0 Å². The molecule has 0 aliphatic heterocycles. The molecule has 0 aliphatic rings. The fourth-order valence-electron chi connectivity index (χ4n) is 1.78. The molecule has 0 aromatic heterocycles. The summed E-state index contributed by atoms with van der Waals surface area (Å²) in [5, 5.41) is 2.56. The molecule has 0 saturated carbocycles. The molecule has 0 heterocycles. The standard InChI is InChI=1S/C16H23NO4/c1-3-5-11-21-15(18)14(17-16(19)20-4-2)12-13-9-7-6-8-10-13/h6-10,14H,3-5,11-12H2,1-2H3,(H,17,19). The van der Waals surface area contributed by atoms with E-state index in [4.69, 9.17) is 9.47 Å². The topological polar surface area (TPSA) is 64.6 Å². The number of hydrogen-bond donors (Lipinski definition) is 1. The van der Waals surface area contributed by atoms with Crippen molar-refractivity contribution in [1.82, 2.24) is 5.32 Å². The van der Waals surface area contributed by atoms with Gasteiger partial charge in [0.2, 0.25) is 0 Å². The SMILES string of the molecule is CCCCOC(=O)C(Cc1ccccc1)NC(=O)OCC. The predicted octanol–water partition coefficient (Wildman–Crippen LogP) is 2.69. The first-order valence-electron chi connectivity index (χ1n) is 7.31. The Balaban J connectivity index is 2.64. The number of carbonyl (C=O) groups excluding carboxylic acids is 2. The summed E-state index contributed by atoms with van der Waals surface area (Å²) in [6.07, 6.45) is 1.53. The second-order valence-electron chi connectivity index (χ2n) is 4.63. The van der Waals surface area contributed by atoms with Gasteiger partial charge in [0, 0.05) is 6.42 Å². The van der Waals surface area contributed by atoms with E-state index in [0.717, 1.165) is 18.4 Å². The molecule has 1 atom stereocenters. The lowest BCUT2D eigenvalue weighted by Gasteiger charge is -2.17. The molecule has 1 aromatic rings. The summed E-state index contributed by atoms with van der Waals surface area (Å²) in [6.45, 7) is 4.36. The lowest BCUT2D eigenvalue weighted by Crippen LogP contribution is -2.43. The van der Waals surface area contributed by atoms with Crippen LogP contribution < -0.4 is 5.32 Å². The van der Waals surface area contributed by atoms with Gasteiger partial charge in [-0.05, 0) is 18.9 Å². The summed E-state index contributed by atoms with van der Waals surface area (Å²) in [4.78, 5) is 23.6. The molecule has 1 N–H and O–H groups in total. The Labute approximate surface area is 125 Å². The van der Waals surface area contributed by atoms with Gasteiger partial charge in [0.05, 0.1) is 13.2 Å². The van der Waals surface area contributed by atoms with Crippen molar-refractivity contribution in [3.8, 4) is 0 Å². The maximum absolute atomic E-state index is 12.1. The number of ether oxygens (including phenoxy) is 2. The molecule has 1 aromatic carbocycles. The van der Waals surface area contributed by atoms with E-state index < -0.39 is 18.1 Å². The minimum Gasteiger partial charge on any atom is -0.464 e. The molecule has 1 amide bonds. The Bertz CT molecular complexity index is 433. The summed E-state index contributed by atoms with van der Waals surface area (Å²) >= 11 is 0. The van der Waals surface area contributed by atoms with Gasteiger partial charge in [-0.2, -0.15) is 0 Å². The number of benzene rings is 1. The van der Waals surface area contributed by atoms with Gasteiger partial charge < -0.3 is 14.8 Å². The number of carbonyl (C=O) groups is 2. The Morgan fingerprint density at radius 1 is 1.14 bits per heavy atom. The molecule has 0 aliphatic carbocycles. The van der Waals surface area contributed by atoms with Gasteiger partial charge >= 0.3 is 12.1 Å². The van der Waals surface area contributed by atoms with E-state index in [0.29, 0.717) is 13.0 Å². The highest BCUT2D eigenvalue weighted by molar-refractivity contribution is 5.81. The Hall–Kier alpha value is -2.04. The molecule has 21 heavy (non-hydrogen) atoms. The lowest BCUT2D eigenvalue weighted by atomic mass is 10.1. The number of amides is 1. The largest absolute Gasteiger partial charge is 0.464 e. The predicted molar refractivity (Wildman–Crippen MR) is 80.0 cm³/mol. The zero-order valence-electron chi connectivity index (χ0n) is 12.6. The van der Waals surface area contributed by atoms with Crippen LogP contribution in [-0.2, 0) is 20.7 Å². The minimum absolute atomic E-state index is 0.259. The molecule has 5 heteroatoms. The van der Waals surface area contributed by atoms with E-state index in [1.165, 1.54) is 0 Å². The third-order valence-electron chi connectivity index (χ3n) is 2.88. The van der Waals surface area contributed by atoms with Crippen LogP contribution in [0.3, 0.4) is 0 Å². The maximum Gasteiger partial charge on any atom is 0.407 e. The molecule has 5 nitrogen and oxygen atoms in total. The van der Waals surface area contributed by atoms with Crippen LogP contribution in [0.2, 0.25) is 0 Å². The maximum atomic E-state index is 12.1. The van der Waals surface area contributed by atoms with Crippen LogP contribution in [0.25, 0.3) is 0 Å². The van der Waals surface area contributed by atoms with Crippen LogP contribution in [-0.4, -0.2) is 31.3 Å². The molecular weight excluding hydrogens is 270 g/mol. The fourth-order valence-corrected chi connectivity index (χ4v) is 1.78. The Morgan fingerprint density at radius 2 is 1.86 bits per heavy atom. The number of nitrogens with one attached hydrogen (secondary N) is 1. The summed E-state index contributed by atoms with van der Waals surface area (Å²) in [5.74, 6) is -0.430. The van der Waals surface area contributed by atoms with Crippen molar-refractivity contribution >= 4 is 12.1 Å². The summed E-state index contributed by atoms with van der Waals surface area (Å²) < 4.78 is 10.0. The number of rotatable bonds is 8. The highest BCUT2D eigenvalue weighted by Gasteiger charge is 2.23. The monoisotopic (exact) mass is 293 g/mol. The molecule has 0 radical (unpaired) electrons. The molecule has 1 unspecified atom stereocenters. The van der Waals surface area contributed by atoms with Crippen molar-refractivity contribution in [1.29, 1.82) is 0 Å². The number of esters is 1. The molecule has 1 rings (SSSR count). The van der Waals surface area contributed by atoms with Gasteiger partial charge in [-0.3, -0.25) is 0 Å². The van der Waals surface area contributed by atoms with Crippen molar-refractivity contribution in [2.45, 2.75) is 39.2 Å². The average Bonchev–Trinajstić information content (AvgIpc) is 2.48. The van der Waals surface area contributed by atoms with E-state index in [1.54, 1.807) is 6.92 Å². The quantitative estimate of drug-likeness (QED) is 0.591. The van der Waals surface area contributed by atoms with Gasteiger partial charge in [0.1, 0.15) is 6.04 Å². The van der Waals surface area contributed by atoms with Gasteiger partial charge in [-0.1, -0.05) is 43.7 Å². The smallest absolute Gasteiger partial charge is 0.407 e. The van der Waals surface area contributed by atoms with Gasteiger partial charge in [-0.15, -0.1) is 0 Å². The number of alkyl carbamates (subject to hydrolysis) is 1. The summed E-state index contributed by atoms with van der Waals surface area (Å²) in [5.41, 5.74) is 0.951. The third-order valence-corrected chi connectivity index (χ3v) is 2.88. The second kappa shape index (κ2) is 9.80. The van der Waals surface area contributed by atoms with Crippen LogP contribution in [0.5, 0.6) is 0 Å². The lowest BCUT2D eigenvalue weighted by molar-refractivity contribution is -0.146. The van der Waals surface area contributed by atoms with Gasteiger partial charge in [0.15, 0.2) is 0 Å². The van der Waals surface area contributed by atoms with Crippen LogP contribution in [0.15, 0.2) is 30.3 Å². The first-order chi connectivity index (χ1) is 10.2. The zero-order chi connectivity index (χ0) is 15.5. The molecular formula is C16H23NO4. The summed E-state index contributed by atoms with van der Waals surface area (Å²) in [7, 11) is 0. The van der Waals surface area contributed by atoms with Crippen molar-refractivity contribution in [2.75, 3.05) is 13.2 Å². The summed E-state index contributed by atoms with van der Waals surface area (Å²) in [6, 6.07) is 8.75. The number of unbranched alkanes of at least 4 members (excludes halogenated alkanes) is 1. The van der Waals surface area contributed by atoms with Gasteiger partial charge in [-0.25, -0.2) is 9.59 Å². The Morgan fingerprint density at radius 3 is 2.48 bits per heavy atom. The Kier molecular flexibility index (Phi) is 7.94. The molecule has 0 bridgehead atoms. The first-order valence-corrected chi connectivity index (χ1v) is 7.31. The van der Waals surface area contributed by atoms with E-state index in [1.807, 2.05) is 37.3 Å². The molecule has 116 valence electrons. The van der Waals surface area contributed by atoms with Crippen molar-refractivity contribution in [3.05, 3.63) is 35.9 Å². The normalized spacial score (nSPS) is 11.5. The number of hydrogen-bond acceptors (Lipinski definition) is 4. The van der Waals surface area contributed by atoms with Crippen molar-refractivity contribution in [2.24, 2.45) is 0 Å². The first kappa shape index (κ1) is 17.0.